The van der Waals surface area contributed by atoms with Crippen LogP contribution < -0.4 is 5.73 Å². The smallest absolute Gasteiger partial charge is 0.321 e. The van der Waals surface area contributed by atoms with Crippen LogP contribution in [-0.4, -0.2) is 27.6 Å². The third-order valence-corrected chi connectivity index (χ3v) is 3.62. The van der Waals surface area contributed by atoms with E-state index in [1.165, 1.54) is 0 Å². The van der Waals surface area contributed by atoms with Crippen molar-refractivity contribution < 1.29 is 9.90 Å². The van der Waals surface area contributed by atoms with E-state index >= 15 is 0 Å². The Kier molecular flexibility index (Phi) is 5.52. The summed E-state index contributed by atoms with van der Waals surface area (Å²) in [5.41, 5.74) is 5.59. The van der Waals surface area contributed by atoms with Gasteiger partial charge in [0.05, 0.1) is 0 Å². The Balaban J connectivity index is 4.00. The maximum atomic E-state index is 10.7. The Bertz CT molecular complexity index is 193. The molecule has 0 saturated heterocycles. The van der Waals surface area contributed by atoms with Gasteiger partial charge in [-0.1, -0.05) is 13.8 Å². The molecule has 1 atom stereocenters. The van der Waals surface area contributed by atoms with Gasteiger partial charge >= 0.3 is 5.97 Å². The van der Waals surface area contributed by atoms with Crippen LogP contribution in [0.25, 0.3) is 0 Å². The molecule has 0 spiro atoms. The molecular formula is C10H21NO2S. The molecule has 0 fully saturated rings. The molecule has 3 N–H and O–H groups in total. The number of carboxylic acid groups (broad SMARTS) is 1. The van der Waals surface area contributed by atoms with E-state index in [2.05, 4.69) is 13.8 Å². The number of carboxylic acids is 1. The number of hydrogen-bond donors (Lipinski definition) is 2. The van der Waals surface area contributed by atoms with Gasteiger partial charge in [-0.05, 0) is 31.9 Å². The van der Waals surface area contributed by atoms with E-state index in [-0.39, 0.29) is 4.75 Å². The van der Waals surface area contributed by atoms with Gasteiger partial charge in [-0.2, -0.15) is 11.8 Å². The standard InChI is InChI=1S/C10H21NO2S/c1-7(2)5-6-14-10(3,4)8(11)9(12)13/h7-8H,5-6,11H2,1-4H3,(H,12,13)/t8-/m1/s1. The highest BCUT2D eigenvalue weighted by atomic mass is 32.2. The third kappa shape index (κ3) is 4.86. The first-order chi connectivity index (χ1) is 6.27. The lowest BCUT2D eigenvalue weighted by molar-refractivity contribution is -0.139. The fourth-order valence-corrected chi connectivity index (χ4v) is 2.34. The maximum absolute atomic E-state index is 10.7. The molecule has 0 aromatic rings. The number of nitrogens with two attached hydrogens (primary N) is 1. The van der Waals surface area contributed by atoms with E-state index < -0.39 is 12.0 Å². The van der Waals surface area contributed by atoms with Crippen molar-refractivity contribution >= 4 is 17.7 Å². The van der Waals surface area contributed by atoms with Crippen molar-refractivity contribution in [2.75, 3.05) is 5.75 Å². The summed E-state index contributed by atoms with van der Waals surface area (Å²) in [4.78, 5) is 10.7. The predicted molar refractivity (Wildman–Crippen MR) is 61.6 cm³/mol. The van der Waals surface area contributed by atoms with Crippen LogP contribution in [0, 0.1) is 5.92 Å². The molecular weight excluding hydrogens is 198 g/mol. The van der Waals surface area contributed by atoms with Crippen molar-refractivity contribution in [3.05, 3.63) is 0 Å². The molecule has 0 aromatic carbocycles. The molecule has 0 amide bonds. The van der Waals surface area contributed by atoms with E-state index in [1.807, 2.05) is 13.8 Å². The second-order valence-electron chi connectivity index (χ2n) is 4.45. The van der Waals surface area contributed by atoms with Gasteiger partial charge in [-0.3, -0.25) is 4.79 Å². The molecule has 0 saturated carbocycles. The van der Waals surface area contributed by atoms with Crippen molar-refractivity contribution in [3.63, 3.8) is 0 Å². The molecule has 0 heterocycles. The molecule has 0 unspecified atom stereocenters. The van der Waals surface area contributed by atoms with Crippen LogP contribution in [0.15, 0.2) is 0 Å². The Hall–Kier alpha value is -0.220. The van der Waals surface area contributed by atoms with E-state index in [9.17, 15) is 4.79 Å². The normalized spacial score (nSPS) is 14.4. The monoisotopic (exact) mass is 219 g/mol. The zero-order valence-electron chi connectivity index (χ0n) is 9.41. The minimum atomic E-state index is -0.924. The highest BCUT2D eigenvalue weighted by Gasteiger charge is 2.32. The zero-order chi connectivity index (χ0) is 11.4. The fourth-order valence-electron chi connectivity index (χ4n) is 0.945. The summed E-state index contributed by atoms with van der Waals surface area (Å²) < 4.78 is -0.388. The first-order valence-corrected chi connectivity index (χ1v) is 5.88. The van der Waals surface area contributed by atoms with E-state index in [0.717, 1.165) is 12.2 Å². The molecule has 0 aliphatic rings. The lowest BCUT2D eigenvalue weighted by atomic mass is 10.1. The van der Waals surface area contributed by atoms with Gasteiger partial charge in [-0.15, -0.1) is 0 Å². The molecule has 0 radical (unpaired) electrons. The summed E-state index contributed by atoms with van der Waals surface area (Å²) >= 11 is 1.64. The quantitative estimate of drug-likeness (QED) is 0.717. The molecule has 0 aliphatic carbocycles. The first kappa shape index (κ1) is 13.8. The van der Waals surface area contributed by atoms with Crippen LogP contribution in [0.1, 0.15) is 34.1 Å². The number of rotatable bonds is 6. The van der Waals surface area contributed by atoms with E-state index in [0.29, 0.717) is 5.92 Å². The summed E-state index contributed by atoms with van der Waals surface area (Å²) in [6.07, 6.45) is 1.10. The summed E-state index contributed by atoms with van der Waals surface area (Å²) in [5, 5.41) is 8.79. The summed E-state index contributed by atoms with van der Waals surface area (Å²) in [5.74, 6) is 0.692. The second kappa shape index (κ2) is 5.61. The van der Waals surface area contributed by atoms with E-state index in [1.54, 1.807) is 11.8 Å². The molecule has 14 heavy (non-hydrogen) atoms. The highest BCUT2D eigenvalue weighted by Crippen LogP contribution is 2.28. The number of hydrogen-bond acceptors (Lipinski definition) is 3. The van der Waals surface area contributed by atoms with Crippen LogP contribution >= 0.6 is 11.8 Å². The minimum absolute atomic E-state index is 0.388. The van der Waals surface area contributed by atoms with Gasteiger partial charge in [0.25, 0.3) is 0 Å². The van der Waals surface area contributed by atoms with Crippen LogP contribution in [-0.2, 0) is 4.79 Å². The lowest BCUT2D eigenvalue weighted by Gasteiger charge is -2.28. The Labute approximate surface area is 90.4 Å². The predicted octanol–water partition coefficient (Wildman–Crippen LogP) is 1.96. The molecule has 84 valence electrons. The topological polar surface area (TPSA) is 63.3 Å². The zero-order valence-corrected chi connectivity index (χ0v) is 10.2. The van der Waals surface area contributed by atoms with Gasteiger partial charge in [0.15, 0.2) is 0 Å². The average molecular weight is 219 g/mol. The van der Waals surface area contributed by atoms with Gasteiger partial charge in [0.2, 0.25) is 0 Å². The van der Waals surface area contributed by atoms with Crippen molar-refractivity contribution in [3.8, 4) is 0 Å². The highest BCUT2D eigenvalue weighted by molar-refractivity contribution is 8.00. The number of thioether (sulfide) groups is 1. The van der Waals surface area contributed by atoms with E-state index in [4.69, 9.17) is 10.8 Å². The first-order valence-electron chi connectivity index (χ1n) is 4.89. The van der Waals surface area contributed by atoms with Crippen LogP contribution in [0.5, 0.6) is 0 Å². The SMILES string of the molecule is CC(C)CCSC(C)(C)[C@H](N)C(=O)O. The summed E-state index contributed by atoms with van der Waals surface area (Å²) in [7, 11) is 0. The molecule has 4 heteroatoms. The van der Waals surface area contributed by atoms with Gasteiger partial charge in [0, 0.05) is 4.75 Å². The molecule has 0 rings (SSSR count). The van der Waals surface area contributed by atoms with Crippen molar-refractivity contribution in [2.24, 2.45) is 11.7 Å². The lowest BCUT2D eigenvalue weighted by Crippen LogP contribution is -2.46. The number of aliphatic carboxylic acids is 1. The van der Waals surface area contributed by atoms with Gasteiger partial charge < -0.3 is 10.8 Å². The maximum Gasteiger partial charge on any atom is 0.321 e. The molecule has 0 aromatic heterocycles. The summed E-state index contributed by atoms with van der Waals surface area (Å²) in [6.45, 7) is 8.09. The van der Waals surface area contributed by atoms with Crippen molar-refractivity contribution in [1.29, 1.82) is 0 Å². The Morgan fingerprint density at radius 3 is 2.36 bits per heavy atom. The minimum Gasteiger partial charge on any atom is -0.480 e. The molecule has 3 nitrogen and oxygen atoms in total. The van der Waals surface area contributed by atoms with Gasteiger partial charge in [0.1, 0.15) is 6.04 Å². The van der Waals surface area contributed by atoms with Gasteiger partial charge in [-0.25, -0.2) is 0 Å². The molecule has 0 bridgehead atoms. The average Bonchev–Trinajstić information content (AvgIpc) is 2.01. The van der Waals surface area contributed by atoms with Crippen LogP contribution in [0.2, 0.25) is 0 Å². The number of carbonyl (C=O) groups is 1. The van der Waals surface area contributed by atoms with Crippen LogP contribution in [0.3, 0.4) is 0 Å². The van der Waals surface area contributed by atoms with Crippen molar-refractivity contribution in [2.45, 2.75) is 44.9 Å². The fraction of sp³-hybridized carbons (Fsp3) is 0.900. The Morgan fingerprint density at radius 2 is 2.00 bits per heavy atom. The van der Waals surface area contributed by atoms with Crippen LogP contribution in [0.4, 0.5) is 0 Å². The Morgan fingerprint density at radius 1 is 1.50 bits per heavy atom. The molecule has 0 aliphatic heterocycles. The summed E-state index contributed by atoms with van der Waals surface area (Å²) in [6, 6.07) is -0.792. The second-order valence-corrected chi connectivity index (χ2v) is 6.20. The largest absolute Gasteiger partial charge is 0.480 e. The van der Waals surface area contributed by atoms with Crippen molar-refractivity contribution in [1.82, 2.24) is 0 Å². The third-order valence-electron chi connectivity index (χ3n) is 2.18.